The second-order valence-electron chi connectivity index (χ2n) is 7.81. The number of halogens is 1. The van der Waals surface area contributed by atoms with Gasteiger partial charge in [-0.25, -0.2) is 0 Å². The molecular formula is C22H20BrN3O3. The average molecular weight is 454 g/mol. The molecular weight excluding hydrogens is 434 g/mol. The highest BCUT2D eigenvalue weighted by atomic mass is 79.9. The predicted octanol–water partition coefficient (Wildman–Crippen LogP) is 4.87. The van der Waals surface area contributed by atoms with E-state index in [4.69, 9.17) is 9.26 Å². The summed E-state index contributed by atoms with van der Waals surface area (Å²) in [4.78, 5) is 7.84. The van der Waals surface area contributed by atoms with Gasteiger partial charge in [0.15, 0.2) is 0 Å². The summed E-state index contributed by atoms with van der Waals surface area (Å²) in [6.07, 6.45) is 0.749. The maximum Gasteiger partial charge on any atom is 0.258 e. The SMILES string of the molecule is CC(C)(O)c1nc(-c2ccc(C3OCCc4c3[nH]c3ccc(Br)cc43)cc2)no1. The van der Waals surface area contributed by atoms with Gasteiger partial charge in [0.2, 0.25) is 5.82 Å². The van der Waals surface area contributed by atoms with Crippen LogP contribution in [-0.4, -0.2) is 26.8 Å². The lowest BCUT2D eigenvalue weighted by molar-refractivity contribution is 0.0420. The van der Waals surface area contributed by atoms with E-state index in [0.29, 0.717) is 12.4 Å². The number of H-pyrrole nitrogens is 1. The zero-order chi connectivity index (χ0) is 20.2. The van der Waals surface area contributed by atoms with Gasteiger partial charge in [0, 0.05) is 20.9 Å². The van der Waals surface area contributed by atoms with Gasteiger partial charge in [-0.1, -0.05) is 45.4 Å². The number of benzene rings is 2. The lowest BCUT2D eigenvalue weighted by Gasteiger charge is -2.24. The Balaban J connectivity index is 1.49. The van der Waals surface area contributed by atoms with E-state index in [9.17, 15) is 5.11 Å². The highest BCUT2D eigenvalue weighted by Gasteiger charge is 2.27. The van der Waals surface area contributed by atoms with Crippen molar-refractivity contribution in [2.45, 2.75) is 32.0 Å². The molecule has 0 fully saturated rings. The van der Waals surface area contributed by atoms with Crippen molar-refractivity contribution in [2.75, 3.05) is 6.61 Å². The number of nitrogens with one attached hydrogen (secondary N) is 1. The molecule has 29 heavy (non-hydrogen) atoms. The molecule has 2 aromatic heterocycles. The minimum atomic E-state index is -1.16. The number of hydrogen-bond acceptors (Lipinski definition) is 5. The Morgan fingerprint density at radius 2 is 1.97 bits per heavy atom. The van der Waals surface area contributed by atoms with Gasteiger partial charge in [-0.2, -0.15) is 4.98 Å². The van der Waals surface area contributed by atoms with Gasteiger partial charge in [-0.3, -0.25) is 0 Å². The minimum Gasteiger partial charge on any atom is -0.381 e. The molecule has 2 aromatic carbocycles. The summed E-state index contributed by atoms with van der Waals surface area (Å²) < 4.78 is 12.4. The molecule has 1 aliphatic heterocycles. The van der Waals surface area contributed by atoms with Gasteiger partial charge in [-0.05, 0) is 49.6 Å². The lowest BCUT2D eigenvalue weighted by Crippen LogP contribution is -2.16. The van der Waals surface area contributed by atoms with Crippen molar-refractivity contribution >= 4 is 26.8 Å². The van der Waals surface area contributed by atoms with Crippen LogP contribution in [0.3, 0.4) is 0 Å². The number of ether oxygens (including phenoxy) is 1. The van der Waals surface area contributed by atoms with E-state index in [2.05, 4.69) is 43.2 Å². The number of rotatable bonds is 3. The van der Waals surface area contributed by atoms with Crippen LogP contribution in [0.15, 0.2) is 51.5 Å². The van der Waals surface area contributed by atoms with Crippen LogP contribution in [0.5, 0.6) is 0 Å². The zero-order valence-electron chi connectivity index (χ0n) is 16.1. The smallest absolute Gasteiger partial charge is 0.258 e. The molecule has 1 unspecified atom stereocenters. The maximum absolute atomic E-state index is 10.0. The van der Waals surface area contributed by atoms with E-state index in [1.807, 2.05) is 30.3 Å². The third-order valence-electron chi connectivity index (χ3n) is 5.22. The molecule has 4 aromatic rings. The van der Waals surface area contributed by atoms with Gasteiger partial charge < -0.3 is 19.4 Å². The molecule has 0 amide bonds. The van der Waals surface area contributed by atoms with Crippen molar-refractivity contribution in [3.8, 4) is 11.4 Å². The van der Waals surface area contributed by atoms with E-state index >= 15 is 0 Å². The Kier molecular flexibility index (Phi) is 4.34. The summed E-state index contributed by atoms with van der Waals surface area (Å²) in [7, 11) is 0. The molecule has 0 aliphatic carbocycles. The van der Waals surface area contributed by atoms with E-state index in [1.54, 1.807) is 13.8 Å². The summed E-state index contributed by atoms with van der Waals surface area (Å²) in [5.74, 6) is 0.649. The van der Waals surface area contributed by atoms with Crippen LogP contribution in [0.25, 0.3) is 22.3 Å². The predicted molar refractivity (Wildman–Crippen MR) is 112 cm³/mol. The Morgan fingerprint density at radius 1 is 1.17 bits per heavy atom. The average Bonchev–Trinajstić information content (AvgIpc) is 3.33. The van der Waals surface area contributed by atoms with Gasteiger partial charge in [0.25, 0.3) is 5.89 Å². The molecule has 0 spiro atoms. The Labute approximate surface area is 176 Å². The van der Waals surface area contributed by atoms with E-state index in [1.165, 1.54) is 10.9 Å². The molecule has 0 saturated heterocycles. The molecule has 5 rings (SSSR count). The van der Waals surface area contributed by atoms with Crippen molar-refractivity contribution in [3.05, 3.63) is 69.6 Å². The number of fused-ring (bicyclic) bond motifs is 3. The fourth-order valence-corrected chi connectivity index (χ4v) is 4.12. The molecule has 0 bridgehead atoms. The number of aliphatic hydroxyl groups is 1. The second kappa shape index (κ2) is 6.79. The molecule has 148 valence electrons. The highest BCUT2D eigenvalue weighted by molar-refractivity contribution is 9.10. The maximum atomic E-state index is 10.0. The monoisotopic (exact) mass is 453 g/mol. The van der Waals surface area contributed by atoms with Crippen LogP contribution in [-0.2, 0) is 16.8 Å². The third kappa shape index (κ3) is 3.29. The summed E-state index contributed by atoms with van der Waals surface area (Å²) in [6, 6.07) is 14.2. The Hall–Kier alpha value is -2.48. The Morgan fingerprint density at radius 3 is 2.69 bits per heavy atom. The number of nitrogens with zero attached hydrogens (tertiary/aromatic N) is 2. The van der Waals surface area contributed by atoms with Crippen LogP contribution >= 0.6 is 15.9 Å². The van der Waals surface area contributed by atoms with Crippen LogP contribution in [0.1, 0.15) is 42.7 Å². The summed E-state index contributed by atoms with van der Waals surface area (Å²) in [5, 5.41) is 15.2. The zero-order valence-corrected chi connectivity index (χ0v) is 17.7. The lowest BCUT2D eigenvalue weighted by atomic mass is 9.97. The van der Waals surface area contributed by atoms with Crippen LogP contribution in [0, 0.1) is 0 Å². The molecule has 0 saturated carbocycles. The van der Waals surface area contributed by atoms with Crippen molar-refractivity contribution in [1.29, 1.82) is 0 Å². The number of aromatic nitrogens is 3. The van der Waals surface area contributed by atoms with Gasteiger partial charge in [0.05, 0.1) is 12.3 Å². The quantitative estimate of drug-likeness (QED) is 0.462. The second-order valence-corrected chi connectivity index (χ2v) is 8.73. The molecule has 1 aliphatic rings. The molecule has 6 nitrogen and oxygen atoms in total. The van der Waals surface area contributed by atoms with Crippen LogP contribution in [0.4, 0.5) is 0 Å². The standard InChI is InChI=1S/C22H20BrN3O3/c1-22(2,27)21-25-20(26-29-21)13-5-3-12(4-6-13)19-18-15(9-10-28-19)16-11-14(23)7-8-17(16)24-18/h3-8,11,19,24,27H,9-10H2,1-2H3. The first-order valence-electron chi connectivity index (χ1n) is 9.48. The van der Waals surface area contributed by atoms with Gasteiger partial charge >= 0.3 is 0 Å². The van der Waals surface area contributed by atoms with Gasteiger partial charge in [-0.15, -0.1) is 0 Å². The fraction of sp³-hybridized carbons (Fsp3) is 0.273. The van der Waals surface area contributed by atoms with Crippen molar-refractivity contribution in [1.82, 2.24) is 15.1 Å². The third-order valence-corrected chi connectivity index (χ3v) is 5.71. The fourth-order valence-electron chi connectivity index (χ4n) is 3.76. The summed E-state index contributed by atoms with van der Waals surface area (Å²) in [5.41, 5.74) is 4.27. The Bertz CT molecular complexity index is 1190. The molecule has 7 heteroatoms. The highest BCUT2D eigenvalue weighted by Crippen LogP contribution is 2.37. The minimum absolute atomic E-state index is 0.142. The molecule has 3 heterocycles. The van der Waals surface area contributed by atoms with Crippen LogP contribution in [0.2, 0.25) is 0 Å². The number of aromatic amines is 1. The van der Waals surface area contributed by atoms with Crippen molar-refractivity contribution in [2.24, 2.45) is 0 Å². The first-order valence-corrected chi connectivity index (χ1v) is 10.3. The van der Waals surface area contributed by atoms with E-state index in [-0.39, 0.29) is 12.0 Å². The summed E-state index contributed by atoms with van der Waals surface area (Å²) in [6.45, 7) is 3.91. The first kappa shape index (κ1) is 18.5. The first-order chi connectivity index (χ1) is 13.9. The molecule has 1 atom stereocenters. The number of hydrogen-bond donors (Lipinski definition) is 2. The summed E-state index contributed by atoms with van der Waals surface area (Å²) >= 11 is 3.57. The van der Waals surface area contributed by atoms with Crippen LogP contribution < -0.4 is 0 Å². The van der Waals surface area contributed by atoms with E-state index < -0.39 is 5.60 Å². The normalized spacial score (nSPS) is 16.9. The molecule has 2 N–H and O–H groups in total. The topological polar surface area (TPSA) is 84.2 Å². The largest absolute Gasteiger partial charge is 0.381 e. The van der Waals surface area contributed by atoms with E-state index in [0.717, 1.165) is 33.2 Å². The van der Waals surface area contributed by atoms with Crippen molar-refractivity contribution < 1.29 is 14.4 Å². The van der Waals surface area contributed by atoms with Gasteiger partial charge in [0.1, 0.15) is 11.7 Å². The molecule has 0 radical (unpaired) electrons. The van der Waals surface area contributed by atoms with Crippen molar-refractivity contribution in [3.63, 3.8) is 0 Å².